The molecule has 1 fully saturated rings. The van der Waals surface area contributed by atoms with E-state index in [4.69, 9.17) is 16.3 Å². The first kappa shape index (κ1) is 25.0. The zero-order valence-corrected chi connectivity index (χ0v) is 21.3. The highest BCUT2D eigenvalue weighted by molar-refractivity contribution is 6.34. The van der Waals surface area contributed by atoms with Gasteiger partial charge in [-0.1, -0.05) is 29.8 Å². The predicted octanol–water partition coefficient (Wildman–Crippen LogP) is 3.75. The second-order valence-corrected chi connectivity index (χ2v) is 9.92. The van der Waals surface area contributed by atoms with E-state index in [9.17, 15) is 14.4 Å². The van der Waals surface area contributed by atoms with Crippen LogP contribution in [0.25, 0.3) is 0 Å². The smallest absolute Gasteiger partial charge is 0.257 e. The maximum absolute atomic E-state index is 13.2. The zero-order valence-electron chi connectivity index (χ0n) is 20.6. The molecule has 3 aromatic rings. The molecule has 8 nitrogen and oxygen atoms in total. The molecule has 0 spiro atoms. The summed E-state index contributed by atoms with van der Waals surface area (Å²) in [5.41, 5.74) is 3.24. The number of pyridine rings is 1. The van der Waals surface area contributed by atoms with Gasteiger partial charge in [-0.2, -0.15) is 0 Å². The fraction of sp³-hybridized carbons (Fsp3) is 0.321. The molecule has 2 aliphatic rings. The summed E-state index contributed by atoms with van der Waals surface area (Å²) in [6.45, 7) is 2.90. The number of carbonyl (C=O) groups is 2. The lowest BCUT2D eigenvalue weighted by molar-refractivity contribution is 0.0936. The molecule has 5 rings (SSSR count). The van der Waals surface area contributed by atoms with E-state index < -0.39 is 0 Å². The van der Waals surface area contributed by atoms with Crippen molar-refractivity contribution in [2.75, 3.05) is 43.6 Å². The molecule has 2 atom stereocenters. The Morgan fingerprint density at radius 2 is 1.86 bits per heavy atom. The summed E-state index contributed by atoms with van der Waals surface area (Å²) >= 11 is 6.28. The first-order valence-electron chi connectivity index (χ1n) is 12.4. The van der Waals surface area contributed by atoms with Gasteiger partial charge in [0.15, 0.2) is 0 Å². The van der Waals surface area contributed by atoms with Crippen molar-refractivity contribution in [1.29, 1.82) is 0 Å². The van der Waals surface area contributed by atoms with Gasteiger partial charge in [0.25, 0.3) is 17.4 Å². The number of amides is 2. The van der Waals surface area contributed by atoms with E-state index >= 15 is 0 Å². The molecule has 192 valence electrons. The van der Waals surface area contributed by atoms with Crippen LogP contribution in [0.4, 0.5) is 11.4 Å². The second kappa shape index (κ2) is 10.8. The molecule has 3 heterocycles. The summed E-state index contributed by atoms with van der Waals surface area (Å²) < 4.78 is 6.91. The van der Waals surface area contributed by atoms with Crippen molar-refractivity contribution in [1.82, 2.24) is 9.88 Å². The number of hydrogen-bond acceptors (Lipinski definition) is 5. The fourth-order valence-corrected chi connectivity index (χ4v) is 5.57. The monoisotopic (exact) mass is 520 g/mol. The van der Waals surface area contributed by atoms with Gasteiger partial charge >= 0.3 is 0 Å². The Morgan fingerprint density at radius 1 is 1.03 bits per heavy atom. The summed E-state index contributed by atoms with van der Waals surface area (Å²) in [4.78, 5) is 40.6. The van der Waals surface area contributed by atoms with Gasteiger partial charge in [-0.15, -0.1) is 0 Å². The molecule has 9 heteroatoms. The number of hydrogen-bond donors (Lipinski definition) is 2. The topological polar surface area (TPSA) is 92.7 Å². The van der Waals surface area contributed by atoms with Crippen LogP contribution in [0.2, 0.25) is 5.02 Å². The maximum Gasteiger partial charge on any atom is 0.257 e. The normalized spacial score (nSPS) is 18.2. The number of nitrogens with zero attached hydrogens (tertiary/aromatic N) is 2. The molecule has 2 bridgehead atoms. The number of fused-ring (bicyclic) bond motifs is 4. The van der Waals surface area contributed by atoms with Crippen LogP contribution in [0.3, 0.4) is 0 Å². The predicted molar refractivity (Wildman–Crippen MR) is 144 cm³/mol. The molecule has 37 heavy (non-hydrogen) atoms. The fourth-order valence-electron chi connectivity index (χ4n) is 5.35. The third-order valence-corrected chi connectivity index (χ3v) is 7.37. The van der Waals surface area contributed by atoms with Crippen LogP contribution in [-0.4, -0.2) is 49.7 Å². The Kier molecular flexibility index (Phi) is 7.30. The van der Waals surface area contributed by atoms with Gasteiger partial charge in [-0.05, 0) is 48.7 Å². The van der Waals surface area contributed by atoms with Gasteiger partial charge in [0.05, 0.1) is 28.6 Å². The van der Waals surface area contributed by atoms with Crippen LogP contribution < -0.4 is 21.1 Å². The van der Waals surface area contributed by atoms with E-state index in [2.05, 4.69) is 15.5 Å². The zero-order chi connectivity index (χ0) is 25.9. The van der Waals surface area contributed by atoms with E-state index in [1.165, 1.54) is 0 Å². The molecular weight excluding hydrogens is 492 g/mol. The van der Waals surface area contributed by atoms with Crippen molar-refractivity contribution >= 4 is 34.8 Å². The SMILES string of the molecule is COCCNC(=O)c1ccc(N2CC3CC(C2)c2cccc(=O)n2C3)c(NC(=O)c2ccccc2Cl)c1. The lowest BCUT2D eigenvalue weighted by Crippen LogP contribution is -2.47. The van der Waals surface area contributed by atoms with Gasteiger partial charge in [0.1, 0.15) is 0 Å². The van der Waals surface area contributed by atoms with E-state index in [0.29, 0.717) is 54.0 Å². The molecule has 2 N–H and O–H groups in total. The first-order valence-corrected chi connectivity index (χ1v) is 12.7. The number of ether oxygens (including phenoxy) is 1. The van der Waals surface area contributed by atoms with Crippen molar-refractivity contribution in [2.24, 2.45) is 5.92 Å². The highest BCUT2D eigenvalue weighted by Crippen LogP contribution is 2.39. The minimum atomic E-state index is -0.349. The Balaban J connectivity index is 1.47. The van der Waals surface area contributed by atoms with Crippen molar-refractivity contribution in [3.8, 4) is 0 Å². The molecule has 1 aromatic heterocycles. The molecule has 2 amide bonds. The third-order valence-electron chi connectivity index (χ3n) is 7.04. The van der Waals surface area contributed by atoms with Crippen molar-refractivity contribution in [2.45, 2.75) is 18.9 Å². The summed E-state index contributed by atoms with van der Waals surface area (Å²) in [5, 5.41) is 6.17. The summed E-state index contributed by atoms with van der Waals surface area (Å²) in [7, 11) is 1.58. The van der Waals surface area contributed by atoms with Crippen LogP contribution in [0.15, 0.2) is 65.5 Å². The molecule has 2 unspecified atom stereocenters. The lowest BCUT2D eigenvalue weighted by Gasteiger charge is -2.44. The number of piperidine rings is 1. The Bertz CT molecular complexity index is 1390. The lowest BCUT2D eigenvalue weighted by atomic mass is 9.83. The van der Waals surface area contributed by atoms with Gasteiger partial charge in [-0.3, -0.25) is 14.4 Å². The molecule has 0 aliphatic carbocycles. The van der Waals surface area contributed by atoms with Crippen molar-refractivity contribution < 1.29 is 14.3 Å². The van der Waals surface area contributed by atoms with Gasteiger partial charge < -0.3 is 24.8 Å². The number of nitrogens with one attached hydrogen (secondary N) is 2. The number of halogens is 1. The minimum Gasteiger partial charge on any atom is -0.383 e. The number of rotatable bonds is 7. The quantitative estimate of drug-likeness (QED) is 0.463. The van der Waals surface area contributed by atoms with E-state index in [-0.39, 0.29) is 23.3 Å². The van der Waals surface area contributed by atoms with E-state index in [0.717, 1.165) is 24.3 Å². The number of methoxy groups -OCH3 is 1. The van der Waals surface area contributed by atoms with Gasteiger partial charge in [-0.25, -0.2) is 0 Å². The second-order valence-electron chi connectivity index (χ2n) is 9.52. The molecule has 0 radical (unpaired) electrons. The third kappa shape index (κ3) is 5.26. The minimum absolute atomic E-state index is 0.0391. The number of benzene rings is 2. The Hall–Kier alpha value is -3.62. The van der Waals surface area contributed by atoms with Crippen LogP contribution in [0.1, 0.15) is 38.7 Å². The van der Waals surface area contributed by atoms with Gasteiger partial charge in [0, 0.05) is 56.5 Å². The summed E-state index contributed by atoms with van der Waals surface area (Å²) in [6.07, 6.45) is 1.02. The largest absolute Gasteiger partial charge is 0.383 e. The standard InChI is InChI=1S/C28H29ClN4O4/c1-37-12-11-30-27(35)19-9-10-25(23(14-19)31-28(36)21-5-2-3-6-22(21)29)32-15-18-13-20(17-32)24-7-4-8-26(34)33(24)16-18/h2-10,14,18,20H,11-13,15-17H2,1H3,(H,30,35)(H,31,36). The molecule has 0 saturated carbocycles. The van der Waals surface area contributed by atoms with Crippen LogP contribution >= 0.6 is 11.6 Å². The maximum atomic E-state index is 13.2. The molecule has 2 aromatic carbocycles. The van der Waals surface area contributed by atoms with Crippen molar-refractivity contribution in [3.05, 3.63) is 92.9 Å². The van der Waals surface area contributed by atoms with Crippen molar-refractivity contribution in [3.63, 3.8) is 0 Å². The Morgan fingerprint density at radius 3 is 2.68 bits per heavy atom. The molecule has 2 aliphatic heterocycles. The van der Waals surface area contributed by atoms with E-state index in [1.807, 2.05) is 22.8 Å². The van der Waals surface area contributed by atoms with Crippen LogP contribution in [0.5, 0.6) is 0 Å². The van der Waals surface area contributed by atoms with Crippen LogP contribution in [0, 0.1) is 5.92 Å². The summed E-state index contributed by atoms with van der Waals surface area (Å²) in [5.74, 6) is -0.0976. The highest BCUT2D eigenvalue weighted by Gasteiger charge is 2.35. The number of anilines is 2. The highest BCUT2D eigenvalue weighted by atomic mass is 35.5. The number of aromatic nitrogens is 1. The van der Waals surface area contributed by atoms with Crippen LogP contribution in [-0.2, 0) is 11.3 Å². The average molecular weight is 521 g/mol. The average Bonchev–Trinajstić information content (AvgIpc) is 2.89. The summed E-state index contributed by atoms with van der Waals surface area (Å²) in [6, 6.07) is 17.7. The number of carbonyl (C=O) groups excluding carboxylic acids is 2. The van der Waals surface area contributed by atoms with Gasteiger partial charge in [0.2, 0.25) is 0 Å². The molecule has 1 saturated heterocycles. The first-order chi connectivity index (χ1) is 17.9. The molecular formula is C28H29ClN4O4. The van der Waals surface area contributed by atoms with E-state index in [1.54, 1.807) is 49.6 Å². The Labute approximate surface area is 220 Å².